The molecule has 1 amide bonds. The summed E-state index contributed by atoms with van der Waals surface area (Å²) in [6.45, 7) is 3.49. The highest BCUT2D eigenvalue weighted by Gasteiger charge is 2.24. The maximum atomic E-state index is 12.2. The van der Waals surface area contributed by atoms with Crippen molar-refractivity contribution in [3.63, 3.8) is 0 Å². The van der Waals surface area contributed by atoms with E-state index in [4.69, 9.17) is 18.0 Å². The third kappa shape index (κ3) is 3.54. The largest absolute Gasteiger partial charge is 0.388 e. The Kier molecular flexibility index (Phi) is 4.68. The van der Waals surface area contributed by atoms with Gasteiger partial charge in [0.25, 0.3) is 5.91 Å². The first kappa shape index (κ1) is 14.5. The number of benzene rings is 1. The molecular weight excluding hydrogens is 272 g/mol. The van der Waals surface area contributed by atoms with E-state index in [0.29, 0.717) is 0 Å². The molecule has 1 saturated heterocycles. The van der Waals surface area contributed by atoms with Crippen molar-refractivity contribution < 1.29 is 4.79 Å². The van der Waals surface area contributed by atoms with Crippen molar-refractivity contribution >= 4 is 34.5 Å². The third-order valence-corrected chi connectivity index (χ3v) is 3.37. The van der Waals surface area contributed by atoms with Crippen LogP contribution in [0.1, 0.15) is 18.4 Å². The van der Waals surface area contributed by atoms with E-state index in [0.717, 1.165) is 37.2 Å². The summed E-state index contributed by atoms with van der Waals surface area (Å²) >= 11 is 4.92. The third-order valence-electron chi connectivity index (χ3n) is 3.18. The molecule has 5 nitrogen and oxygen atoms in total. The summed E-state index contributed by atoms with van der Waals surface area (Å²) in [5.41, 5.74) is 10.5. The standard InChI is InChI=1S/C14H18N4OS/c1-10-4-6-11(7-5-10)16-17-12(13(15)20)14(19)18-8-2-3-9-18/h4-7,16H,2-3,8-9H2,1H3,(H2,15,20)/b17-12-. The van der Waals surface area contributed by atoms with Gasteiger partial charge in [-0.15, -0.1) is 0 Å². The van der Waals surface area contributed by atoms with Gasteiger partial charge in [0.2, 0.25) is 0 Å². The van der Waals surface area contributed by atoms with Crippen molar-refractivity contribution in [2.24, 2.45) is 10.8 Å². The number of hydrazone groups is 1. The average molecular weight is 290 g/mol. The summed E-state index contributed by atoms with van der Waals surface area (Å²) in [6.07, 6.45) is 2.03. The van der Waals surface area contributed by atoms with Crippen molar-refractivity contribution in [2.75, 3.05) is 18.5 Å². The zero-order valence-electron chi connectivity index (χ0n) is 11.4. The first-order valence-electron chi connectivity index (χ1n) is 6.57. The monoisotopic (exact) mass is 290 g/mol. The summed E-state index contributed by atoms with van der Waals surface area (Å²) in [7, 11) is 0. The first-order valence-corrected chi connectivity index (χ1v) is 6.98. The van der Waals surface area contributed by atoms with Crippen LogP contribution in [-0.2, 0) is 4.79 Å². The van der Waals surface area contributed by atoms with Gasteiger partial charge in [0.15, 0.2) is 5.71 Å². The van der Waals surface area contributed by atoms with Gasteiger partial charge in [0.05, 0.1) is 5.69 Å². The molecule has 1 fully saturated rings. The molecule has 1 heterocycles. The number of hydrogen-bond acceptors (Lipinski definition) is 4. The van der Waals surface area contributed by atoms with E-state index in [9.17, 15) is 4.79 Å². The van der Waals surface area contributed by atoms with Gasteiger partial charge in [-0.05, 0) is 31.9 Å². The van der Waals surface area contributed by atoms with E-state index in [1.54, 1.807) is 4.90 Å². The number of hydrogen-bond donors (Lipinski definition) is 2. The zero-order chi connectivity index (χ0) is 14.5. The molecule has 1 aliphatic rings. The van der Waals surface area contributed by atoms with E-state index >= 15 is 0 Å². The lowest BCUT2D eigenvalue weighted by Gasteiger charge is -2.16. The van der Waals surface area contributed by atoms with Crippen LogP contribution < -0.4 is 11.2 Å². The molecule has 1 aliphatic heterocycles. The number of thiocarbonyl (C=S) groups is 1. The van der Waals surface area contributed by atoms with Gasteiger partial charge in [-0.25, -0.2) is 0 Å². The molecule has 0 aliphatic carbocycles. The molecule has 0 aromatic heterocycles. The highest BCUT2D eigenvalue weighted by molar-refractivity contribution is 7.82. The normalized spacial score (nSPS) is 15.2. The maximum Gasteiger partial charge on any atom is 0.277 e. The van der Waals surface area contributed by atoms with Crippen molar-refractivity contribution in [3.05, 3.63) is 29.8 Å². The fraction of sp³-hybridized carbons (Fsp3) is 0.357. The predicted octanol–water partition coefficient (Wildman–Crippen LogP) is 1.67. The van der Waals surface area contributed by atoms with Gasteiger partial charge >= 0.3 is 0 Å². The summed E-state index contributed by atoms with van der Waals surface area (Å²) < 4.78 is 0. The van der Waals surface area contributed by atoms with Crippen LogP contribution in [0, 0.1) is 6.92 Å². The van der Waals surface area contributed by atoms with E-state index in [1.165, 1.54) is 0 Å². The zero-order valence-corrected chi connectivity index (χ0v) is 12.2. The lowest BCUT2D eigenvalue weighted by atomic mass is 10.2. The second kappa shape index (κ2) is 6.47. The Bertz CT molecular complexity index is 533. The lowest BCUT2D eigenvalue weighted by Crippen LogP contribution is -2.40. The number of likely N-dealkylation sites (tertiary alicyclic amines) is 1. The Morgan fingerprint density at radius 1 is 1.30 bits per heavy atom. The number of anilines is 1. The number of nitrogens with two attached hydrogens (primary N) is 1. The number of nitrogens with zero attached hydrogens (tertiary/aromatic N) is 2. The molecule has 0 bridgehead atoms. The van der Waals surface area contributed by atoms with Gasteiger partial charge in [-0.3, -0.25) is 10.2 Å². The molecule has 0 atom stereocenters. The highest BCUT2D eigenvalue weighted by atomic mass is 32.1. The number of carbonyl (C=O) groups is 1. The molecule has 2 rings (SSSR count). The molecule has 0 unspecified atom stereocenters. The summed E-state index contributed by atoms with van der Waals surface area (Å²) in [4.78, 5) is 14.0. The van der Waals surface area contributed by atoms with Gasteiger partial charge in [0, 0.05) is 13.1 Å². The average Bonchev–Trinajstić information content (AvgIpc) is 2.94. The van der Waals surface area contributed by atoms with Crippen molar-refractivity contribution in [3.8, 4) is 0 Å². The fourth-order valence-electron chi connectivity index (χ4n) is 2.03. The van der Waals surface area contributed by atoms with Crippen LogP contribution in [0.4, 0.5) is 5.69 Å². The molecule has 1 aromatic carbocycles. The first-order chi connectivity index (χ1) is 9.58. The molecule has 0 spiro atoms. The van der Waals surface area contributed by atoms with Crippen LogP contribution in [0.5, 0.6) is 0 Å². The predicted molar refractivity (Wildman–Crippen MR) is 84.8 cm³/mol. The number of nitrogens with one attached hydrogen (secondary N) is 1. The van der Waals surface area contributed by atoms with Crippen LogP contribution in [-0.4, -0.2) is 34.6 Å². The molecular formula is C14H18N4OS. The minimum absolute atomic E-state index is 0.0153. The smallest absolute Gasteiger partial charge is 0.277 e. The van der Waals surface area contributed by atoms with Crippen LogP contribution >= 0.6 is 12.2 Å². The van der Waals surface area contributed by atoms with E-state index in [2.05, 4.69) is 10.5 Å². The quantitative estimate of drug-likeness (QED) is 0.503. The van der Waals surface area contributed by atoms with Crippen LogP contribution in [0.3, 0.4) is 0 Å². The van der Waals surface area contributed by atoms with Gasteiger partial charge in [-0.2, -0.15) is 5.10 Å². The van der Waals surface area contributed by atoms with Crippen LogP contribution in [0.15, 0.2) is 29.4 Å². The van der Waals surface area contributed by atoms with Crippen molar-refractivity contribution in [2.45, 2.75) is 19.8 Å². The number of amides is 1. The van der Waals surface area contributed by atoms with Crippen LogP contribution in [0.2, 0.25) is 0 Å². The number of rotatable bonds is 4. The van der Waals surface area contributed by atoms with Crippen LogP contribution in [0.25, 0.3) is 0 Å². The summed E-state index contributed by atoms with van der Waals surface area (Å²) in [6, 6.07) is 7.69. The molecule has 20 heavy (non-hydrogen) atoms. The van der Waals surface area contributed by atoms with E-state index in [1.807, 2.05) is 31.2 Å². The molecule has 6 heteroatoms. The molecule has 106 valence electrons. The SMILES string of the molecule is Cc1ccc(N/N=C(\C(=O)N2CCCC2)C(N)=S)cc1. The fourth-order valence-corrected chi connectivity index (χ4v) is 2.16. The number of aryl methyl sites for hydroxylation is 1. The van der Waals surface area contributed by atoms with Gasteiger partial charge in [0.1, 0.15) is 4.99 Å². The van der Waals surface area contributed by atoms with Crippen molar-refractivity contribution in [1.29, 1.82) is 0 Å². The van der Waals surface area contributed by atoms with E-state index < -0.39 is 0 Å². The molecule has 0 saturated carbocycles. The number of carbonyl (C=O) groups excluding carboxylic acids is 1. The Balaban J connectivity index is 2.11. The second-order valence-electron chi connectivity index (χ2n) is 4.80. The topological polar surface area (TPSA) is 70.7 Å². The lowest BCUT2D eigenvalue weighted by molar-refractivity contribution is -0.122. The molecule has 1 aromatic rings. The minimum Gasteiger partial charge on any atom is -0.388 e. The summed E-state index contributed by atoms with van der Waals surface area (Å²) in [5.74, 6) is -0.199. The highest BCUT2D eigenvalue weighted by Crippen LogP contribution is 2.10. The second-order valence-corrected chi connectivity index (χ2v) is 5.24. The minimum atomic E-state index is -0.199. The Hall–Kier alpha value is -1.95. The van der Waals surface area contributed by atoms with Gasteiger partial charge in [-0.1, -0.05) is 29.9 Å². The Morgan fingerprint density at radius 2 is 1.90 bits per heavy atom. The molecule has 3 N–H and O–H groups in total. The van der Waals surface area contributed by atoms with E-state index in [-0.39, 0.29) is 16.6 Å². The summed E-state index contributed by atoms with van der Waals surface area (Å²) in [5, 5.41) is 4.08. The Labute approximate surface area is 123 Å². The Morgan fingerprint density at radius 3 is 2.45 bits per heavy atom. The molecule has 0 radical (unpaired) electrons. The van der Waals surface area contributed by atoms with Crippen molar-refractivity contribution in [1.82, 2.24) is 4.90 Å². The van der Waals surface area contributed by atoms with Gasteiger partial charge < -0.3 is 10.6 Å². The maximum absolute atomic E-state index is 12.2.